The highest BCUT2D eigenvalue weighted by molar-refractivity contribution is 7.92. The van der Waals surface area contributed by atoms with Crippen LogP contribution in [0.1, 0.15) is 50.2 Å². The van der Waals surface area contributed by atoms with Crippen molar-refractivity contribution in [3.8, 4) is 0 Å². The van der Waals surface area contributed by atoms with Crippen molar-refractivity contribution in [2.45, 2.75) is 64.6 Å². The zero-order chi connectivity index (χ0) is 28.0. The number of nitrogens with one attached hydrogen (secondary N) is 1. The van der Waals surface area contributed by atoms with Crippen LogP contribution in [0.2, 0.25) is 5.02 Å². The van der Waals surface area contributed by atoms with Crippen molar-refractivity contribution in [2.24, 2.45) is 0 Å². The summed E-state index contributed by atoms with van der Waals surface area (Å²) >= 11 is 6.35. The minimum atomic E-state index is -4.02. The Morgan fingerprint density at radius 3 is 2.42 bits per heavy atom. The molecule has 0 saturated heterocycles. The number of benzene rings is 2. The number of nitro benzene ring substituents is 1. The minimum Gasteiger partial charge on any atom is -0.352 e. The first-order valence-electron chi connectivity index (χ1n) is 12.4. The average Bonchev–Trinajstić information content (AvgIpc) is 2.86. The van der Waals surface area contributed by atoms with E-state index < -0.39 is 33.4 Å². The number of aryl methyl sites for hydroxylation is 1. The number of amides is 2. The van der Waals surface area contributed by atoms with Crippen LogP contribution in [0.4, 0.5) is 11.4 Å². The fourth-order valence-corrected chi connectivity index (χ4v) is 5.63. The second kappa shape index (κ2) is 12.6. The molecule has 0 aliphatic heterocycles. The number of carbonyl (C=O) groups excluding carboxylic acids is 2. The molecule has 2 amide bonds. The van der Waals surface area contributed by atoms with E-state index >= 15 is 0 Å². The minimum absolute atomic E-state index is 0.0204. The Balaban J connectivity index is 1.94. The lowest BCUT2D eigenvalue weighted by Gasteiger charge is -2.33. The van der Waals surface area contributed by atoms with Gasteiger partial charge in [-0.05, 0) is 43.9 Å². The highest BCUT2D eigenvalue weighted by Crippen LogP contribution is 2.28. The van der Waals surface area contributed by atoms with E-state index in [9.17, 15) is 28.1 Å². The molecule has 12 heteroatoms. The fraction of sp³-hybridized carbons (Fsp3) is 0.462. The number of hydrogen-bond acceptors (Lipinski definition) is 6. The molecule has 1 fully saturated rings. The molecule has 1 N–H and O–H groups in total. The summed E-state index contributed by atoms with van der Waals surface area (Å²) in [5.74, 6) is -0.984. The van der Waals surface area contributed by atoms with E-state index in [2.05, 4.69) is 5.32 Å². The smallest absolute Gasteiger partial charge is 0.271 e. The van der Waals surface area contributed by atoms with Crippen molar-refractivity contribution in [1.82, 2.24) is 10.2 Å². The zero-order valence-electron chi connectivity index (χ0n) is 21.7. The number of anilines is 1. The summed E-state index contributed by atoms with van der Waals surface area (Å²) in [7, 11) is -4.02. The molecule has 2 aromatic carbocycles. The number of non-ortho nitro benzene ring substituents is 1. The maximum absolute atomic E-state index is 13.7. The van der Waals surface area contributed by atoms with Gasteiger partial charge in [-0.3, -0.25) is 24.0 Å². The van der Waals surface area contributed by atoms with E-state index in [-0.39, 0.29) is 29.9 Å². The number of sulfonamides is 1. The van der Waals surface area contributed by atoms with Gasteiger partial charge in [-0.1, -0.05) is 55.1 Å². The molecule has 10 nitrogen and oxygen atoms in total. The Kier molecular flexibility index (Phi) is 9.72. The molecule has 0 unspecified atom stereocenters. The number of carbonyl (C=O) groups is 2. The molecule has 206 valence electrons. The monoisotopic (exact) mass is 564 g/mol. The summed E-state index contributed by atoms with van der Waals surface area (Å²) < 4.78 is 26.4. The lowest BCUT2D eigenvalue weighted by molar-refractivity contribution is -0.384. The molecule has 0 radical (unpaired) electrons. The van der Waals surface area contributed by atoms with Crippen molar-refractivity contribution in [3.05, 3.63) is 68.7 Å². The van der Waals surface area contributed by atoms with Crippen LogP contribution in [0.3, 0.4) is 0 Å². The number of rotatable bonds is 10. The van der Waals surface area contributed by atoms with Crippen LogP contribution in [0.25, 0.3) is 0 Å². The van der Waals surface area contributed by atoms with Crippen molar-refractivity contribution in [2.75, 3.05) is 17.1 Å². The summed E-state index contributed by atoms with van der Waals surface area (Å²) in [6.07, 6.45) is 5.82. The van der Waals surface area contributed by atoms with Gasteiger partial charge in [0.25, 0.3) is 5.69 Å². The van der Waals surface area contributed by atoms with Crippen LogP contribution in [-0.4, -0.2) is 54.9 Å². The van der Waals surface area contributed by atoms with Crippen LogP contribution >= 0.6 is 11.6 Å². The van der Waals surface area contributed by atoms with Crippen molar-refractivity contribution >= 4 is 44.8 Å². The van der Waals surface area contributed by atoms with E-state index in [0.29, 0.717) is 16.1 Å². The fourth-order valence-electron chi connectivity index (χ4n) is 4.54. The Labute approximate surface area is 228 Å². The van der Waals surface area contributed by atoms with E-state index in [1.807, 2.05) is 0 Å². The second-order valence-electron chi connectivity index (χ2n) is 9.63. The predicted molar refractivity (Wildman–Crippen MR) is 147 cm³/mol. The quantitative estimate of drug-likeness (QED) is 0.340. The van der Waals surface area contributed by atoms with E-state index in [0.717, 1.165) is 48.7 Å². The Morgan fingerprint density at radius 1 is 1.16 bits per heavy atom. The lowest BCUT2D eigenvalue weighted by atomic mass is 9.95. The molecule has 38 heavy (non-hydrogen) atoms. The van der Waals surface area contributed by atoms with E-state index in [1.165, 1.54) is 17.0 Å². The number of hydrogen-bond donors (Lipinski definition) is 1. The van der Waals surface area contributed by atoms with Crippen LogP contribution in [0, 0.1) is 17.0 Å². The van der Waals surface area contributed by atoms with Crippen LogP contribution in [0.15, 0.2) is 42.5 Å². The first-order chi connectivity index (χ1) is 17.9. The number of nitro groups is 1. The molecular weight excluding hydrogens is 532 g/mol. The maximum Gasteiger partial charge on any atom is 0.271 e. The normalized spacial score (nSPS) is 14.9. The first kappa shape index (κ1) is 29.4. The Hall–Kier alpha value is -3.18. The molecule has 2 aromatic rings. The van der Waals surface area contributed by atoms with Crippen molar-refractivity contribution in [3.63, 3.8) is 0 Å². The van der Waals surface area contributed by atoms with Crippen LogP contribution in [0.5, 0.6) is 0 Å². The van der Waals surface area contributed by atoms with Gasteiger partial charge < -0.3 is 10.2 Å². The Bertz CT molecular complexity index is 1300. The van der Waals surface area contributed by atoms with Crippen molar-refractivity contribution in [1.29, 1.82) is 0 Å². The molecule has 0 heterocycles. The van der Waals surface area contributed by atoms with Gasteiger partial charge in [0.2, 0.25) is 21.8 Å². The van der Waals surface area contributed by atoms with Crippen LogP contribution in [-0.2, 0) is 26.2 Å². The summed E-state index contributed by atoms with van der Waals surface area (Å²) in [5, 5.41) is 14.8. The number of halogens is 1. The van der Waals surface area contributed by atoms with Gasteiger partial charge in [-0.15, -0.1) is 0 Å². The summed E-state index contributed by atoms with van der Waals surface area (Å²) in [6, 6.07) is 9.82. The zero-order valence-corrected chi connectivity index (χ0v) is 23.3. The first-order valence-corrected chi connectivity index (χ1v) is 14.7. The molecule has 0 spiro atoms. The molecule has 1 atom stereocenters. The SMILES string of the molecule is Cc1ccc([N+](=O)[O-])cc1N(CC(=O)N(Cc1ccccc1Cl)[C@@H](C)C(=O)NC1CCCCC1)S(C)(=O)=O. The predicted octanol–water partition coefficient (Wildman–Crippen LogP) is 4.19. The van der Waals surface area contributed by atoms with E-state index in [1.54, 1.807) is 38.1 Å². The lowest BCUT2D eigenvalue weighted by Crippen LogP contribution is -2.53. The Morgan fingerprint density at radius 2 is 1.82 bits per heavy atom. The standard InChI is InChI=1S/C26H33ClN4O6S/c1-18-13-14-22(31(34)35)15-24(18)30(38(3,36)37)17-25(32)29(16-20-9-7-8-12-23(20)27)19(2)26(33)28-21-10-5-4-6-11-21/h7-9,12-15,19,21H,4-6,10-11,16-17H2,1-3H3,(H,28,33)/t19-/m0/s1. The highest BCUT2D eigenvalue weighted by atomic mass is 35.5. The molecular formula is C26H33ClN4O6S. The van der Waals surface area contributed by atoms with Crippen LogP contribution < -0.4 is 9.62 Å². The second-order valence-corrected chi connectivity index (χ2v) is 11.9. The number of nitrogens with zero attached hydrogens (tertiary/aromatic N) is 3. The summed E-state index contributed by atoms with van der Waals surface area (Å²) in [5.41, 5.74) is 0.749. The third-order valence-corrected chi connectivity index (χ3v) is 8.26. The van der Waals surface area contributed by atoms with Gasteiger partial charge in [0.15, 0.2) is 0 Å². The molecule has 1 aliphatic carbocycles. The molecule has 3 rings (SSSR count). The summed E-state index contributed by atoms with van der Waals surface area (Å²) in [4.78, 5) is 38.9. The van der Waals surface area contributed by atoms with Gasteiger partial charge in [-0.2, -0.15) is 0 Å². The van der Waals surface area contributed by atoms with Crippen molar-refractivity contribution < 1.29 is 22.9 Å². The third-order valence-electron chi connectivity index (χ3n) is 6.77. The largest absolute Gasteiger partial charge is 0.352 e. The van der Waals surface area contributed by atoms with Gasteiger partial charge in [0, 0.05) is 29.7 Å². The van der Waals surface area contributed by atoms with Gasteiger partial charge in [0.05, 0.1) is 16.9 Å². The highest BCUT2D eigenvalue weighted by Gasteiger charge is 2.32. The molecule has 1 saturated carbocycles. The summed E-state index contributed by atoms with van der Waals surface area (Å²) in [6.45, 7) is 2.52. The van der Waals surface area contributed by atoms with Gasteiger partial charge in [-0.25, -0.2) is 8.42 Å². The molecule has 0 bridgehead atoms. The third kappa shape index (κ3) is 7.44. The van der Waals surface area contributed by atoms with Gasteiger partial charge >= 0.3 is 0 Å². The average molecular weight is 565 g/mol. The molecule has 1 aliphatic rings. The topological polar surface area (TPSA) is 130 Å². The molecule has 0 aromatic heterocycles. The van der Waals surface area contributed by atoms with Gasteiger partial charge in [0.1, 0.15) is 12.6 Å². The van der Waals surface area contributed by atoms with E-state index in [4.69, 9.17) is 11.6 Å². The maximum atomic E-state index is 13.7.